The summed E-state index contributed by atoms with van der Waals surface area (Å²) in [7, 11) is 0. The first kappa shape index (κ1) is 20.1. The first-order valence-corrected chi connectivity index (χ1v) is 11.2. The number of pyridine rings is 1. The number of rotatable bonds is 6. The molecule has 2 fully saturated rings. The largest absolute Gasteiger partial charge is 0.350 e. The highest BCUT2D eigenvalue weighted by atomic mass is 32.2. The van der Waals surface area contributed by atoms with Crippen molar-refractivity contribution in [1.82, 2.24) is 20.1 Å². The number of aromatic nitrogens is 1. The van der Waals surface area contributed by atoms with E-state index in [2.05, 4.69) is 15.2 Å². The molecule has 0 radical (unpaired) electrons. The third-order valence-electron chi connectivity index (χ3n) is 5.59. The molecule has 148 valence electrons. The molecule has 0 bridgehead atoms. The van der Waals surface area contributed by atoms with Gasteiger partial charge < -0.3 is 10.2 Å². The fraction of sp³-hybridized carbons (Fsp3) is 0.650. The molecule has 1 N–H and O–H groups in total. The number of thioether (sulfide) groups is 1. The van der Waals surface area contributed by atoms with Crippen molar-refractivity contribution in [2.75, 3.05) is 38.2 Å². The molecule has 0 unspecified atom stereocenters. The molecule has 6 nitrogen and oxygen atoms in total. The Bertz CT molecular complexity index is 620. The van der Waals surface area contributed by atoms with Crippen LogP contribution in [-0.4, -0.2) is 70.8 Å². The highest BCUT2D eigenvalue weighted by Gasteiger charge is 2.32. The van der Waals surface area contributed by atoms with Crippen LogP contribution in [0.2, 0.25) is 0 Å². The number of carbonyl (C=O) groups is 2. The molecule has 1 aromatic rings. The summed E-state index contributed by atoms with van der Waals surface area (Å²) in [5.41, 5.74) is 0.890. The molecule has 7 heteroatoms. The molecule has 3 rings (SSSR count). The summed E-state index contributed by atoms with van der Waals surface area (Å²) in [4.78, 5) is 33.4. The van der Waals surface area contributed by atoms with Crippen molar-refractivity contribution in [1.29, 1.82) is 0 Å². The Morgan fingerprint density at radius 1 is 1.22 bits per heavy atom. The summed E-state index contributed by atoms with van der Waals surface area (Å²) in [6.07, 6.45) is 7.77. The lowest BCUT2D eigenvalue weighted by Crippen LogP contribution is -2.51. The van der Waals surface area contributed by atoms with Gasteiger partial charge in [-0.1, -0.05) is 6.07 Å². The van der Waals surface area contributed by atoms with Crippen LogP contribution < -0.4 is 5.32 Å². The van der Waals surface area contributed by atoms with E-state index in [0.29, 0.717) is 18.3 Å². The molecular weight excluding hydrogens is 360 g/mol. The predicted molar refractivity (Wildman–Crippen MR) is 108 cm³/mol. The number of hydrogen-bond donors (Lipinski definition) is 1. The van der Waals surface area contributed by atoms with E-state index in [1.165, 1.54) is 0 Å². The zero-order valence-electron chi connectivity index (χ0n) is 16.1. The van der Waals surface area contributed by atoms with Crippen molar-refractivity contribution < 1.29 is 9.59 Å². The van der Waals surface area contributed by atoms with E-state index < -0.39 is 0 Å². The van der Waals surface area contributed by atoms with Gasteiger partial charge in [-0.2, -0.15) is 11.8 Å². The van der Waals surface area contributed by atoms with Gasteiger partial charge in [0.1, 0.15) is 0 Å². The Balaban J connectivity index is 1.45. The minimum Gasteiger partial charge on any atom is -0.350 e. The van der Waals surface area contributed by atoms with Crippen molar-refractivity contribution >= 4 is 23.6 Å². The van der Waals surface area contributed by atoms with E-state index in [-0.39, 0.29) is 17.7 Å². The topological polar surface area (TPSA) is 65.5 Å². The lowest BCUT2D eigenvalue weighted by molar-refractivity contribution is -0.130. The number of nitrogens with zero attached hydrogens (tertiary/aromatic N) is 3. The highest BCUT2D eigenvalue weighted by Crippen LogP contribution is 2.24. The van der Waals surface area contributed by atoms with Gasteiger partial charge in [0.15, 0.2) is 0 Å². The fourth-order valence-electron chi connectivity index (χ4n) is 4.07. The zero-order chi connectivity index (χ0) is 19.1. The minimum atomic E-state index is 0.0543. The molecule has 0 saturated carbocycles. The summed E-state index contributed by atoms with van der Waals surface area (Å²) in [5.74, 6) is 1.02. The van der Waals surface area contributed by atoms with Crippen LogP contribution in [0.4, 0.5) is 0 Å². The van der Waals surface area contributed by atoms with Gasteiger partial charge in [-0.3, -0.25) is 19.5 Å². The Morgan fingerprint density at radius 2 is 2.04 bits per heavy atom. The molecule has 0 aliphatic carbocycles. The fourth-order valence-corrected chi connectivity index (χ4v) is 4.50. The standard InChI is InChI=1S/C20H30N4O2S/c1-27-15-19(25)23-11-7-18(8-12-23)24-10-4-5-16(14-24)20(26)22-13-17-6-2-3-9-21-17/h2-3,6,9,16,18H,4-5,7-8,10-15H2,1H3,(H,22,26)/t16-/m1/s1. The Kier molecular flexibility index (Phi) is 7.52. The second kappa shape index (κ2) is 10.1. The molecule has 3 heterocycles. The quantitative estimate of drug-likeness (QED) is 0.802. The van der Waals surface area contributed by atoms with Crippen LogP contribution in [0, 0.1) is 5.92 Å². The van der Waals surface area contributed by atoms with Gasteiger partial charge in [-0.25, -0.2) is 0 Å². The van der Waals surface area contributed by atoms with Crippen molar-refractivity contribution in [3.05, 3.63) is 30.1 Å². The van der Waals surface area contributed by atoms with E-state index in [1.54, 1.807) is 18.0 Å². The maximum absolute atomic E-state index is 12.6. The van der Waals surface area contributed by atoms with E-state index in [9.17, 15) is 9.59 Å². The molecule has 0 aromatic carbocycles. The molecule has 2 aliphatic heterocycles. The predicted octanol–water partition coefficient (Wildman–Crippen LogP) is 1.76. The smallest absolute Gasteiger partial charge is 0.232 e. The van der Waals surface area contributed by atoms with Crippen LogP contribution in [0.15, 0.2) is 24.4 Å². The SMILES string of the molecule is CSCC(=O)N1CCC(N2CCC[C@@H](C(=O)NCc3ccccn3)C2)CC1. The summed E-state index contributed by atoms with van der Waals surface area (Å²) in [6, 6.07) is 6.24. The van der Waals surface area contributed by atoms with E-state index >= 15 is 0 Å². The summed E-state index contributed by atoms with van der Waals surface area (Å²) < 4.78 is 0. The molecule has 1 atom stereocenters. The second-order valence-electron chi connectivity index (χ2n) is 7.42. The molecule has 1 aromatic heterocycles. The summed E-state index contributed by atoms with van der Waals surface area (Å²) in [6.45, 7) is 4.07. The number of nitrogens with one attached hydrogen (secondary N) is 1. The van der Waals surface area contributed by atoms with Crippen LogP contribution in [0.25, 0.3) is 0 Å². The van der Waals surface area contributed by atoms with Crippen molar-refractivity contribution in [2.24, 2.45) is 5.92 Å². The minimum absolute atomic E-state index is 0.0543. The third-order valence-corrected chi connectivity index (χ3v) is 6.13. The second-order valence-corrected chi connectivity index (χ2v) is 8.28. The summed E-state index contributed by atoms with van der Waals surface area (Å²) in [5, 5.41) is 3.04. The zero-order valence-corrected chi connectivity index (χ0v) is 16.9. The Morgan fingerprint density at radius 3 is 2.74 bits per heavy atom. The van der Waals surface area contributed by atoms with Crippen molar-refractivity contribution in [3.8, 4) is 0 Å². The van der Waals surface area contributed by atoms with Crippen molar-refractivity contribution in [2.45, 2.75) is 38.3 Å². The van der Waals surface area contributed by atoms with E-state index in [0.717, 1.165) is 57.6 Å². The lowest BCUT2D eigenvalue weighted by atomic mass is 9.93. The molecule has 2 amide bonds. The van der Waals surface area contributed by atoms with Crippen molar-refractivity contribution in [3.63, 3.8) is 0 Å². The highest BCUT2D eigenvalue weighted by molar-refractivity contribution is 7.99. The average Bonchev–Trinajstić information content (AvgIpc) is 2.73. The number of piperidine rings is 2. The molecule has 2 saturated heterocycles. The van der Waals surface area contributed by atoms with Gasteiger partial charge in [-0.15, -0.1) is 0 Å². The summed E-state index contributed by atoms with van der Waals surface area (Å²) >= 11 is 1.59. The number of likely N-dealkylation sites (tertiary alicyclic amines) is 2. The molecular formula is C20H30N4O2S. The van der Waals surface area contributed by atoms with Crippen LogP contribution >= 0.6 is 11.8 Å². The number of hydrogen-bond acceptors (Lipinski definition) is 5. The average molecular weight is 391 g/mol. The van der Waals surface area contributed by atoms with Gasteiger partial charge in [0.05, 0.1) is 23.9 Å². The molecule has 27 heavy (non-hydrogen) atoms. The first-order valence-electron chi connectivity index (χ1n) is 9.85. The lowest BCUT2D eigenvalue weighted by Gasteiger charge is -2.42. The Labute approximate surface area is 166 Å². The third kappa shape index (κ3) is 5.69. The number of carbonyl (C=O) groups excluding carboxylic acids is 2. The monoisotopic (exact) mass is 390 g/mol. The van der Waals surface area contributed by atoms with Crippen LogP contribution in [-0.2, 0) is 16.1 Å². The maximum Gasteiger partial charge on any atom is 0.232 e. The van der Waals surface area contributed by atoms with Crippen LogP contribution in [0.3, 0.4) is 0 Å². The maximum atomic E-state index is 12.6. The van der Waals surface area contributed by atoms with E-state index in [1.807, 2.05) is 29.4 Å². The molecule has 0 spiro atoms. The number of amides is 2. The van der Waals surface area contributed by atoms with Crippen LogP contribution in [0.5, 0.6) is 0 Å². The first-order chi connectivity index (χ1) is 13.2. The van der Waals surface area contributed by atoms with Gasteiger partial charge in [-0.05, 0) is 50.6 Å². The Hall–Kier alpha value is -1.60. The van der Waals surface area contributed by atoms with Gasteiger partial charge in [0.2, 0.25) is 11.8 Å². The molecule has 2 aliphatic rings. The van der Waals surface area contributed by atoms with E-state index in [4.69, 9.17) is 0 Å². The van der Waals surface area contributed by atoms with Crippen LogP contribution in [0.1, 0.15) is 31.4 Å². The normalized spacial score (nSPS) is 21.8. The van der Waals surface area contributed by atoms with Gasteiger partial charge in [0.25, 0.3) is 0 Å². The van der Waals surface area contributed by atoms with Gasteiger partial charge >= 0.3 is 0 Å². The van der Waals surface area contributed by atoms with Gasteiger partial charge in [0, 0.05) is 31.9 Å².